The number of nitrogens with one attached hydrogen (secondary N) is 1. The largest absolute Gasteiger partial charge is 0.480 e. The summed E-state index contributed by atoms with van der Waals surface area (Å²) in [5.74, 6) is -0.550. The fourth-order valence-corrected chi connectivity index (χ4v) is 3.06. The number of sulfonamides is 1. The van der Waals surface area contributed by atoms with E-state index in [9.17, 15) is 13.2 Å². The summed E-state index contributed by atoms with van der Waals surface area (Å²) < 4.78 is 28.2. The molecule has 0 unspecified atom stereocenters. The molecule has 2 N–H and O–H groups in total. The Balaban J connectivity index is 3.00. The van der Waals surface area contributed by atoms with Crippen molar-refractivity contribution in [2.75, 3.05) is 0 Å². The highest BCUT2D eigenvalue weighted by molar-refractivity contribution is 7.89. The lowest BCUT2D eigenvalue weighted by atomic mass is 10.1. The van der Waals surface area contributed by atoms with E-state index in [2.05, 4.69) is 9.71 Å². The van der Waals surface area contributed by atoms with Crippen LogP contribution in [0.1, 0.15) is 33.0 Å². The fraction of sp³-hybridized carbons (Fsp3) is 0.667. The van der Waals surface area contributed by atoms with E-state index in [4.69, 9.17) is 5.11 Å². The van der Waals surface area contributed by atoms with Crippen molar-refractivity contribution in [2.45, 2.75) is 51.7 Å². The van der Waals surface area contributed by atoms with E-state index in [1.54, 1.807) is 11.5 Å². The number of carboxylic acids is 1. The van der Waals surface area contributed by atoms with Crippen molar-refractivity contribution in [1.82, 2.24) is 14.3 Å². The van der Waals surface area contributed by atoms with Crippen LogP contribution in [0.15, 0.2) is 11.2 Å². The van der Waals surface area contributed by atoms with Crippen LogP contribution in [0.2, 0.25) is 0 Å². The summed E-state index contributed by atoms with van der Waals surface area (Å²) >= 11 is 0. The number of carbonyl (C=O) groups is 1. The number of carboxylic acid groups (broad SMARTS) is 1. The Morgan fingerprint density at radius 1 is 1.50 bits per heavy atom. The standard InChI is InChI=1S/C12H21N3O4S/c1-5-15-7-11(13-9(15)4)20(18,19)14-10(12(16)17)6-8(2)3/h7-8,10,14H,5-6H2,1-4H3,(H,16,17)/t10-/m1/s1. The van der Waals surface area contributed by atoms with Crippen molar-refractivity contribution in [1.29, 1.82) is 0 Å². The quantitative estimate of drug-likeness (QED) is 0.782. The Bertz CT molecular complexity index is 578. The summed E-state index contributed by atoms with van der Waals surface area (Å²) in [4.78, 5) is 15.1. The van der Waals surface area contributed by atoms with Crippen molar-refractivity contribution in [3.63, 3.8) is 0 Å². The van der Waals surface area contributed by atoms with Gasteiger partial charge < -0.3 is 9.67 Å². The number of nitrogens with zero attached hydrogens (tertiary/aromatic N) is 2. The van der Waals surface area contributed by atoms with Gasteiger partial charge in [0.25, 0.3) is 10.0 Å². The van der Waals surface area contributed by atoms with Gasteiger partial charge in [0.05, 0.1) is 0 Å². The predicted molar refractivity (Wildman–Crippen MR) is 73.8 cm³/mol. The molecule has 1 rings (SSSR count). The second kappa shape index (κ2) is 6.36. The van der Waals surface area contributed by atoms with Crippen LogP contribution in [0.25, 0.3) is 0 Å². The molecule has 8 heteroatoms. The first-order chi connectivity index (χ1) is 9.17. The number of hydrogen-bond donors (Lipinski definition) is 2. The maximum atomic E-state index is 12.2. The second-order valence-electron chi connectivity index (χ2n) is 5.05. The highest BCUT2D eigenvalue weighted by Crippen LogP contribution is 2.12. The molecule has 0 fully saturated rings. The van der Waals surface area contributed by atoms with E-state index in [0.717, 1.165) is 0 Å². The van der Waals surface area contributed by atoms with Gasteiger partial charge in [-0.3, -0.25) is 4.79 Å². The first-order valence-corrected chi connectivity index (χ1v) is 7.94. The third-order valence-corrected chi connectivity index (χ3v) is 4.21. The summed E-state index contributed by atoms with van der Waals surface area (Å²) in [6.45, 7) is 7.84. The molecule has 7 nitrogen and oxygen atoms in total. The first kappa shape index (κ1) is 16.6. The van der Waals surface area contributed by atoms with E-state index < -0.39 is 22.0 Å². The lowest BCUT2D eigenvalue weighted by molar-refractivity contribution is -0.139. The van der Waals surface area contributed by atoms with E-state index >= 15 is 0 Å². The van der Waals surface area contributed by atoms with Crippen LogP contribution in [0.4, 0.5) is 0 Å². The smallest absolute Gasteiger partial charge is 0.321 e. The molecule has 0 aliphatic carbocycles. The molecule has 1 aromatic heterocycles. The van der Waals surface area contributed by atoms with Crippen LogP contribution in [-0.4, -0.2) is 35.1 Å². The van der Waals surface area contributed by atoms with Gasteiger partial charge >= 0.3 is 5.97 Å². The summed E-state index contributed by atoms with van der Waals surface area (Å²) in [5.41, 5.74) is 0. The molecule has 20 heavy (non-hydrogen) atoms. The van der Waals surface area contributed by atoms with Crippen LogP contribution >= 0.6 is 0 Å². The highest BCUT2D eigenvalue weighted by Gasteiger charge is 2.28. The molecular weight excluding hydrogens is 282 g/mol. The normalized spacial score (nSPS) is 13.7. The lowest BCUT2D eigenvalue weighted by Crippen LogP contribution is -2.41. The highest BCUT2D eigenvalue weighted by atomic mass is 32.2. The van der Waals surface area contributed by atoms with Gasteiger partial charge in [-0.05, 0) is 26.2 Å². The van der Waals surface area contributed by atoms with Crippen LogP contribution in [0.5, 0.6) is 0 Å². The van der Waals surface area contributed by atoms with Crippen molar-refractivity contribution in [2.24, 2.45) is 5.92 Å². The minimum atomic E-state index is -3.92. The topological polar surface area (TPSA) is 101 Å². The lowest BCUT2D eigenvalue weighted by Gasteiger charge is -2.15. The number of aliphatic carboxylic acids is 1. The predicted octanol–water partition coefficient (Wildman–Crippen LogP) is 0.989. The Kier molecular flexibility index (Phi) is 5.29. The maximum absolute atomic E-state index is 12.2. The molecular formula is C12H21N3O4S. The van der Waals surface area contributed by atoms with Gasteiger partial charge in [0.1, 0.15) is 11.9 Å². The van der Waals surface area contributed by atoms with Gasteiger partial charge in [-0.2, -0.15) is 4.72 Å². The van der Waals surface area contributed by atoms with Crippen LogP contribution in [-0.2, 0) is 21.4 Å². The first-order valence-electron chi connectivity index (χ1n) is 6.46. The fourth-order valence-electron chi connectivity index (χ4n) is 1.85. The minimum absolute atomic E-state index is 0.0636. The maximum Gasteiger partial charge on any atom is 0.321 e. The molecule has 1 atom stereocenters. The Morgan fingerprint density at radius 3 is 2.50 bits per heavy atom. The molecule has 1 heterocycles. The zero-order valence-electron chi connectivity index (χ0n) is 12.1. The van der Waals surface area contributed by atoms with E-state index in [1.165, 1.54) is 6.20 Å². The zero-order chi connectivity index (χ0) is 15.5. The van der Waals surface area contributed by atoms with Crippen LogP contribution in [0.3, 0.4) is 0 Å². The minimum Gasteiger partial charge on any atom is -0.480 e. The van der Waals surface area contributed by atoms with Crippen molar-refractivity contribution >= 4 is 16.0 Å². The number of imidazole rings is 1. The van der Waals surface area contributed by atoms with E-state index in [0.29, 0.717) is 12.4 Å². The molecule has 0 aromatic carbocycles. The second-order valence-corrected chi connectivity index (χ2v) is 6.71. The molecule has 0 aliphatic rings. The summed E-state index contributed by atoms with van der Waals surface area (Å²) in [6, 6.07) is -1.15. The number of aryl methyl sites for hydroxylation is 2. The van der Waals surface area contributed by atoms with Gasteiger partial charge in [-0.1, -0.05) is 13.8 Å². The Morgan fingerprint density at radius 2 is 2.10 bits per heavy atom. The number of hydrogen-bond acceptors (Lipinski definition) is 4. The van der Waals surface area contributed by atoms with Gasteiger partial charge in [0, 0.05) is 12.7 Å². The molecule has 0 bridgehead atoms. The van der Waals surface area contributed by atoms with E-state index in [-0.39, 0.29) is 17.4 Å². The van der Waals surface area contributed by atoms with Crippen molar-refractivity contribution in [3.8, 4) is 0 Å². The third-order valence-electron chi connectivity index (χ3n) is 2.87. The molecule has 1 aromatic rings. The molecule has 0 amide bonds. The van der Waals surface area contributed by atoms with E-state index in [1.807, 2.05) is 20.8 Å². The van der Waals surface area contributed by atoms with Crippen LogP contribution < -0.4 is 4.72 Å². The van der Waals surface area contributed by atoms with Gasteiger partial charge in [-0.15, -0.1) is 0 Å². The summed E-state index contributed by atoms with van der Waals surface area (Å²) in [5, 5.41) is 8.94. The molecule has 0 spiro atoms. The van der Waals surface area contributed by atoms with Crippen molar-refractivity contribution in [3.05, 3.63) is 12.0 Å². The van der Waals surface area contributed by atoms with Gasteiger partial charge in [-0.25, -0.2) is 13.4 Å². The molecule has 0 radical (unpaired) electrons. The molecule has 114 valence electrons. The monoisotopic (exact) mass is 303 g/mol. The number of aromatic nitrogens is 2. The molecule has 0 aliphatic heterocycles. The molecule has 0 saturated heterocycles. The summed E-state index contributed by atoms with van der Waals surface area (Å²) in [7, 11) is -3.92. The SMILES string of the molecule is CCn1cc(S(=O)(=O)N[C@H](CC(C)C)C(=O)O)nc1C. The average Bonchev–Trinajstić information content (AvgIpc) is 2.69. The average molecular weight is 303 g/mol. The third kappa shape index (κ3) is 4.04. The van der Waals surface area contributed by atoms with Crippen LogP contribution in [0, 0.1) is 12.8 Å². The van der Waals surface area contributed by atoms with Gasteiger partial charge in [0.2, 0.25) is 0 Å². The Labute approximate surface area is 119 Å². The number of rotatable bonds is 7. The summed E-state index contributed by atoms with van der Waals surface area (Å²) in [6.07, 6.45) is 1.63. The van der Waals surface area contributed by atoms with Crippen molar-refractivity contribution < 1.29 is 18.3 Å². The van der Waals surface area contributed by atoms with Gasteiger partial charge in [0.15, 0.2) is 5.03 Å². The Hall–Kier alpha value is -1.41. The zero-order valence-corrected chi connectivity index (χ0v) is 12.9. The molecule has 0 saturated carbocycles.